The first kappa shape index (κ1) is 21.2. The number of hydrogen-bond donors (Lipinski definition) is 1. The first-order chi connectivity index (χ1) is 11.8. The van der Waals surface area contributed by atoms with Crippen LogP contribution in [0.3, 0.4) is 0 Å². The molecule has 1 unspecified atom stereocenters. The van der Waals surface area contributed by atoms with Gasteiger partial charge >= 0.3 is 0 Å². The minimum atomic E-state index is 0. The van der Waals surface area contributed by atoms with E-state index in [0.29, 0.717) is 11.7 Å². The van der Waals surface area contributed by atoms with E-state index in [2.05, 4.69) is 25.3 Å². The monoisotopic (exact) mass is 402 g/mol. The molecule has 9 heteroatoms. The Balaban J connectivity index is 0.00000121. The topological polar surface area (TPSA) is 64.6 Å². The zero-order chi connectivity index (χ0) is 16.4. The first-order valence-corrected chi connectivity index (χ1v) is 9.14. The summed E-state index contributed by atoms with van der Waals surface area (Å²) >= 11 is 0. The van der Waals surface area contributed by atoms with Crippen LogP contribution in [0.15, 0.2) is 12.1 Å². The molecule has 1 amide bonds. The van der Waals surface area contributed by atoms with Crippen molar-refractivity contribution in [2.45, 2.75) is 25.3 Å². The summed E-state index contributed by atoms with van der Waals surface area (Å²) in [6.07, 6.45) is 3.48. The van der Waals surface area contributed by atoms with Crippen molar-refractivity contribution >= 4 is 36.5 Å². The van der Waals surface area contributed by atoms with Gasteiger partial charge in [0.1, 0.15) is 0 Å². The smallest absolute Gasteiger partial charge is 0.274 e. The molecule has 1 aromatic heterocycles. The lowest BCUT2D eigenvalue weighted by Crippen LogP contribution is -2.49. The molecule has 4 rings (SSSR count). The molecule has 0 bridgehead atoms. The molecule has 146 valence electrons. The van der Waals surface area contributed by atoms with Gasteiger partial charge in [-0.15, -0.1) is 35.0 Å². The fourth-order valence-electron chi connectivity index (χ4n) is 3.99. The van der Waals surface area contributed by atoms with Crippen molar-refractivity contribution in [2.75, 3.05) is 57.3 Å². The lowest BCUT2D eigenvalue weighted by Gasteiger charge is -2.32. The summed E-state index contributed by atoms with van der Waals surface area (Å²) in [5, 5.41) is 11.9. The Kier molecular flexibility index (Phi) is 7.88. The lowest BCUT2D eigenvalue weighted by atomic mass is 10.2. The minimum absolute atomic E-state index is 0. The maximum atomic E-state index is 12.7. The Bertz CT molecular complexity index is 575. The van der Waals surface area contributed by atoms with Gasteiger partial charge in [0.25, 0.3) is 5.91 Å². The number of nitrogens with one attached hydrogen (secondary N) is 1. The summed E-state index contributed by atoms with van der Waals surface area (Å²) in [6, 6.07) is 4.27. The number of hydrogen-bond acceptors (Lipinski definition) is 6. The molecule has 4 heterocycles. The van der Waals surface area contributed by atoms with Gasteiger partial charge in [-0.05, 0) is 31.4 Å². The van der Waals surface area contributed by atoms with Crippen molar-refractivity contribution in [3.63, 3.8) is 0 Å². The molecule has 26 heavy (non-hydrogen) atoms. The van der Waals surface area contributed by atoms with Crippen LogP contribution >= 0.6 is 24.8 Å². The number of anilines is 1. The average Bonchev–Trinajstić information content (AvgIpc) is 3.34. The number of likely N-dealkylation sites (tertiary alicyclic amines) is 1. The largest absolute Gasteiger partial charge is 0.355 e. The second-order valence-electron chi connectivity index (χ2n) is 6.95. The van der Waals surface area contributed by atoms with Crippen LogP contribution in [0, 0.1) is 0 Å². The molecule has 0 spiro atoms. The number of carbonyl (C=O) groups excluding carboxylic acids is 1. The predicted octanol–water partition coefficient (Wildman–Crippen LogP) is 1.04. The van der Waals surface area contributed by atoms with Crippen LogP contribution < -0.4 is 10.2 Å². The Morgan fingerprint density at radius 2 is 1.73 bits per heavy atom. The van der Waals surface area contributed by atoms with Gasteiger partial charge in [0.15, 0.2) is 11.5 Å². The van der Waals surface area contributed by atoms with Crippen molar-refractivity contribution < 1.29 is 4.79 Å². The summed E-state index contributed by atoms with van der Waals surface area (Å²) in [6.45, 7) is 7.98. The number of aromatic nitrogens is 2. The maximum Gasteiger partial charge on any atom is 0.274 e. The van der Waals surface area contributed by atoms with E-state index in [9.17, 15) is 4.79 Å². The molecule has 0 aromatic carbocycles. The van der Waals surface area contributed by atoms with Gasteiger partial charge in [0.2, 0.25) is 0 Å². The predicted molar refractivity (Wildman–Crippen MR) is 107 cm³/mol. The fourth-order valence-corrected chi connectivity index (χ4v) is 3.99. The van der Waals surface area contributed by atoms with Gasteiger partial charge in [0.05, 0.1) is 0 Å². The number of nitrogens with zero attached hydrogens (tertiary/aromatic N) is 5. The highest BCUT2D eigenvalue weighted by molar-refractivity contribution is 5.92. The Hall–Kier alpha value is -1.15. The molecule has 1 N–H and O–H groups in total. The molecule has 3 aliphatic heterocycles. The Morgan fingerprint density at radius 1 is 1.00 bits per heavy atom. The highest BCUT2D eigenvalue weighted by Gasteiger charge is 2.32. The van der Waals surface area contributed by atoms with Crippen molar-refractivity contribution in [1.29, 1.82) is 0 Å². The van der Waals surface area contributed by atoms with E-state index in [1.165, 1.54) is 12.8 Å². The van der Waals surface area contributed by atoms with Gasteiger partial charge in [-0.3, -0.25) is 9.69 Å². The van der Waals surface area contributed by atoms with Crippen molar-refractivity contribution in [3.05, 3.63) is 17.8 Å². The highest BCUT2D eigenvalue weighted by atomic mass is 35.5. The van der Waals surface area contributed by atoms with Crippen LogP contribution in [0.25, 0.3) is 0 Å². The number of halogens is 2. The summed E-state index contributed by atoms with van der Waals surface area (Å²) in [7, 11) is 0. The zero-order valence-corrected chi connectivity index (χ0v) is 16.6. The highest BCUT2D eigenvalue weighted by Crippen LogP contribution is 2.20. The SMILES string of the molecule is Cl.Cl.O=C(c1ccc(N2CCCC2)nn1)N1CCC(N2CCNCC2)C1. The zero-order valence-electron chi connectivity index (χ0n) is 15.0. The standard InChI is InChI=1S/C17H26N6O.2ClH/c24-17(15-3-4-16(20-19-15)22-8-1-2-9-22)23-10-5-14(13-23)21-11-6-18-7-12-21;;/h3-4,14,18H,1-2,5-13H2;2*1H. The summed E-state index contributed by atoms with van der Waals surface area (Å²) in [5.41, 5.74) is 0.471. The summed E-state index contributed by atoms with van der Waals surface area (Å²) < 4.78 is 0. The lowest BCUT2D eigenvalue weighted by molar-refractivity contribution is 0.0766. The van der Waals surface area contributed by atoms with Crippen molar-refractivity contribution in [2.24, 2.45) is 0 Å². The molecule has 7 nitrogen and oxygen atoms in total. The van der Waals surface area contributed by atoms with E-state index in [-0.39, 0.29) is 30.7 Å². The Labute approximate surface area is 167 Å². The molecule has 1 aromatic rings. The number of amides is 1. The van der Waals surface area contributed by atoms with Crippen LogP contribution in [-0.2, 0) is 0 Å². The molecule has 1 atom stereocenters. The number of piperazine rings is 1. The van der Waals surface area contributed by atoms with Crippen LogP contribution in [0.5, 0.6) is 0 Å². The second-order valence-corrected chi connectivity index (χ2v) is 6.95. The fraction of sp³-hybridized carbons (Fsp3) is 0.706. The third-order valence-corrected chi connectivity index (χ3v) is 5.42. The molecule has 3 aliphatic rings. The third kappa shape index (κ3) is 4.57. The van der Waals surface area contributed by atoms with E-state index in [1.54, 1.807) is 0 Å². The van der Waals surface area contributed by atoms with E-state index >= 15 is 0 Å². The average molecular weight is 403 g/mol. The molecule has 3 saturated heterocycles. The molecular formula is C17H28Cl2N6O. The van der Waals surface area contributed by atoms with Gasteiger partial charge in [-0.25, -0.2) is 0 Å². The quantitative estimate of drug-likeness (QED) is 0.814. The Morgan fingerprint density at radius 3 is 2.38 bits per heavy atom. The van der Waals surface area contributed by atoms with Crippen molar-refractivity contribution in [3.8, 4) is 0 Å². The van der Waals surface area contributed by atoms with E-state index in [1.807, 2.05) is 17.0 Å². The van der Waals surface area contributed by atoms with Gasteiger partial charge in [-0.1, -0.05) is 0 Å². The van der Waals surface area contributed by atoms with Crippen molar-refractivity contribution in [1.82, 2.24) is 25.3 Å². The van der Waals surface area contributed by atoms with Gasteiger partial charge in [-0.2, -0.15) is 0 Å². The molecule has 3 fully saturated rings. The third-order valence-electron chi connectivity index (χ3n) is 5.42. The van der Waals surface area contributed by atoms with Crippen LogP contribution in [0.2, 0.25) is 0 Å². The molecular weight excluding hydrogens is 375 g/mol. The van der Waals surface area contributed by atoms with Crippen LogP contribution in [-0.4, -0.2) is 84.3 Å². The van der Waals surface area contributed by atoms with Gasteiger partial charge in [0, 0.05) is 58.4 Å². The van der Waals surface area contributed by atoms with Crippen LogP contribution in [0.1, 0.15) is 29.8 Å². The van der Waals surface area contributed by atoms with Gasteiger partial charge < -0.3 is 15.1 Å². The van der Waals surface area contributed by atoms with Crippen LogP contribution in [0.4, 0.5) is 5.82 Å². The molecule has 0 saturated carbocycles. The van der Waals surface area contributed by atoms with E-state index in [4.69, 9.17) is 0 Å². The summed E-state index contributed by atoms with van der Waals surface area (Å²) in [4.78, 5) is 19.4. The number of carbonyl (C=O) groups is 1. The maximum absolute atomic E-state index is 12.7. The second kappa shape index (κ2) is 9.69. The first-order valence-electron chi connectivity index (χ1n) is 9.14. The number of rotatable bonds is 3. The van der Waals surface area contributed by atoms with E-state index in [0.717, 1.165) is 64.6 Å². The summed E-state index contributed by atoms with van der Waals surface area (Å²) in [5.74, 6) is 0.914. The minimum Gasteiger partial charge on any atom is -0.355 e. The molecule has 0 aliphatic carbocycles. The normalized spacial score (nSPS) is 23.5. The van der Waals surface area contributed by atoms with E-state index < -0.39 is 0 Å². The molecule has 0 radical (unpaired) electrons.